The molecule has 14 heteroatoms. The van der Waals surface area contributed by atoms with Gasteiger partial charge in [0, 0.05) is 31.4 Å². The first-order chi connectivity index (χ1) is 18.7. The first kappa shape index (κ1) is 28.6. The van der Waals surface area contributed by atoms with Gasteiger partial charge in [-0.05, 0) is 57.1 Å². The standard InChI is InChI=1S/C25H34FN3O8P2/c1-36-24-21-16(10-18(26)22(24)28-11-14-4-2-8-27-19(14)13-28)23(30)17(12-29(21)15-6-7-15)25(31)37-9-3-5-20(38(32)33)39(34)35/h10,12,14-15,19-20,27,32-35H,2-9,11,13H2,1H3. The Bertz CT molecular complexity index is 1270. The van der Waals surface area contributed by atoms with Gasteiger partial charge >= 0.3 is 5.97 Å². The number of piperidine rings is 1. The third-order valence-electron chi connectivity index (χ3n) is 7.85. The topological polar surface area (TPSA) is 154 Å². The molecule has 0 bridgehead atoms. The Hall–Kier alpha value is -1.91. The van der Waals surface area contributed by atoms with Crippen LogP contribution in [0.1, 0.15) is 54.9 Å². The zero-order valence-electron chi connectivity index (χ0n) is 21.6. The van der Waals surface area contributed by atoms with E-state index in [0.29, 0.717) is 30.2 Å². The number of aromatic nitrogens is 1. The summed E-state index contributed by atoms with van der Waals surface area (Å²) in [7, 11) is -3.63. The van der Waals surface area contributed by atoms with Crippen molar-refractivity contribution in [2.75, 3.05) is 38.3 Å². The molecule has 39 heavy (non-hydrogen) atoms. The predicted molar refractivity (Wildman–Crippen MR) is 146 cm³/mol. The molecule has 0 spiro atoms. The number of benzene rings is 1. The summed E-state index contributed by atoms with van der Waals surface area (Å²) in [5.41, 5.74) is -0.0918. The maximum Gasteiger partial charge on any atom is 0.343 e. The molecule has 214 valence electrons. The van der Waals surface area contributed by atoms with Gasteiger partial charge in [0.15, 0.2) is 28.3 Å². The fraction of sp³-hybridized carbons (Fsp3) is 0.600. The van der Waals surface area contributed by atoms with Crippen LogP contribution >= 0.6 is 16.8 Å². The number of methoxy groups -OCH3 is 1. The van der Waals surface area contributed by atoms with Gasteiger partial charge in [-0.2, -0.15) is 0 Å². The second kappa shape index (κ2) is 11.9. The molecule has 2 unspecified atom stereocenters. The van der Waals surface area contributed by atoms with Gasteiger partial charge in [0.05, 0.1) is 30.0 Å². The van der Waals surface area contributed by atoms with Gasteiger partial charge in [0.25, 0.3) is 0 Å². The Labute approximate surface area is 227 Å². The second-order valence-electron chi connectivity index (χ2n) is 10.4. The van der Waals surface area contributed by atoms with Gasteiger partial charge in [-0.1, -0.05) is 0 Å². The van der Waals surface area contributed by atoms with Crippen molar-refractivity contribution in [3.8, 4) is 5.75 Å². The van der Waals surface area contributed by atoms with E-state index in [1.165, 1.54) is 19.4 Å². The third-order valence-corrected chi connectivity index (χ3v) is 10.7. The highest BCUT2D eigenvalue weighted by molar-refractivity contribution is 7.64. The molecule has 0 radical (unpaired) electrons. The number of pyridine rings is 1. The molecule has 1 saturated carbocycles. The maximum absolute atomic E-state index is 15.7. The van der Waals surface area contributed by atoms with Crippen LogP contribution in [0, 0.1) is 11.7 Å². The third kappa shape index (κ3) is 5.79. The van der Waals surface area contributed by atoms with Crippen LogP contribution in [0.4, 0.5) is 10.1 Å². The Morgan fingerprint density at radius 1 is 1.21 bits per heavy atom. The molecule has 2 aromatic rings. The number of rotatable bonds is 10. The molecule has 3 aliphatic rings. The number of anilines is 1. The van der Waals surface area contributed by atoms with Crippen LogP contribution in [0.5, 0.6) is 5.75 Å². The smallest absolute Gasteiger partial charge is 0.343 e. The summed E-state index contributed by atoms with van der Waals surface area (Å²) in [4.78, 5) is 65.6. The van der Waals surface area contributed by atoms with Gasteiger partial charge in [0.1, 0.15) is 11.3 Å². The SMILES string of the molecule is COc1c(N2CC3CCCNC3C2)c(F)cc2c(=O)c(C(=O)OCCCC(P(O)O)P(O)O)cn(C3CC3)c12. The summed E-state index contributed by atoms with van der Waals surface area (Å²) in [5, 5.41) is 2.47. The number of hydrogen-bond donors (Lipinski definition) is 5. The highest BCUT2D eigenvalue weighted by Crippen LogP contribution is 2.51. The lowest BCUT2D eigenvalue weighted by Crippen LogP contribution is -2.40. The zero-order valence-corrected chi connectivity index (χ0v) is 23.4. The van der Waals surface area contributed by atoms with Gasteiger partial charge < -0.3 is 43.8 Å². The number of nitrogens with zero attached hydrogens (tertiary/aromatic N) is 2. The van der Waals surface area contributed by atoms with E-state index >= 15 is 4.39 Å². The van der Waals surface area contributed by atoms with E-state index in [9.17, 15) is 29.2 Å². The number of carbonyl (C=O) groups excluding carboxylic acids is 1. The molecule has 3 heterocycles. The van der Waals surface area contributed by atoms with Crippen LogP contribution in [0.3, 0.4) is 0 Å². The molecule has 2 atom stereocenters. The van der Waals surface area contributed by atoms with Crippen molar-refractivity contribution < 1.29 is 38.2 Å². The lowest BCUT2D eigenvalue weighted by Gasteiger charge is -2.25. The Morgan fingerprint density at radius 2 is 1.95 bits per heavy atom. The van der Waals surface area contributed by atoms with E-state index in [4.69, 9.17) is 9.47 Å². The molecule has 11 nitrogen and oxygen atoms in total. The van der Waals surface area contributed by atoms with E-state index in [-0.39, 0.29) is 48.2 Å². The van der Waals surface area contributed by atoms with Crippen molar-refractivity contribution >= 4 is 39.3 Å². The van der Waals surface area contributed by atoms with Crippen molar-refractivity contribution in [3.63, 3.8) is 0 Å². The fourth-order valence-corrected chi connectivity index (χ4v) is 7.34. The van der Waals surface area contributed by atoms with E-state index in [1.807, 2.05) is 9.47 Å². The lowest BCUT2D eigenvalue weighted by atomic mass is 9.94. The van der Waals surface area contributed by atoms with Crippen LogP contribution in [-0.2, 0) is 4.74 Å². The largest absolute Gasteiger partial charge is 0.492 e. The van der Waals surface area contributed by atoms with Gasteiger partial charge in [-0.3, -0.25) is 4.79 Å². The molecule has 2 saturated heterocycles. The molecular weight excluding hydrogens is 551 g/mol. The number of halogens is 1. The number of carbonyl (C=O) groups is 1. The van der Waals surface area contributed by atoms with E-state index in [0.717, 1.165) is 32.2 Å². The first-order valence-electron chi connectivity index (χ1n) is 13.2. The number of hydrogen-bond acceptors (Lipinski definition) is 10. The monoisotopic (exact) mass is 585 g/mol. The van der Waals surface area contributed by atoms with Gasteiger partial charge in [0.2, 0.25) is 5.43 Å². The summed E-state index contributed by atoms with van der Waals surface area (Å²) >= 11 is 0. The minimum atomic E-state index is -2.55. The highest BCUT2D eigenvalue weighted by Gasteiger charge is 2.38. The Balaban J connectivity index is 1.45. The van der Waals surface area contributed by atoms with Crippen LogP contribution in [-0.4, -0.2) is 74.9 Å². The molecule has 1 aliphatic carbocycles. The number of nitrogens with one attached hydrogen (secondary N) is 1. The summed E-state index contributed by atoms with van der Waals surface area (Å²) in [6, 6.07) is 1.51. The molecule has 5 N–H and O–H groups in total. The Morgan fingerprint density at radius 3 is 2.59 bits per heavy atom. The van der Waals surface area contributed by atoms with Crippen LogP contribution in [0.2, 0.25) is 0 Å². The average Bonchev–Trinajstić information content (AvgIpc) is 3.65. The first-order valence-corrected chi connectivity index (χ1v) is 15.8. The van der Waals surface area contributed by atoms with Crippen molar-refractivity contribution in [2.24, 2.45) is 5.92 Å². The predicted octanol–water partition coefficient (Wildman–Crippen LogP) is 2.53. The second-order valence-corrected chi connectivity index (χ2v) is 13.3. The number of fused-ring (bicyclic) bond motifs is 2. The number of esters is 1. The molecule has 3 fully saturated rings. The van der Waals surface area contributed by atoms with Crippen molar-refractivity contribution in [1.82, 2.24) is 9.88 Å². The molecule has 5 rings (SSSR count). The minimum absolute atomic E-state index is 0.0215. The van der Waals surface area contributed by atoms with Crippen molar-refractivity contribution in [3.05, 3.63) is 33.9 Å². The minimum Gasteiger partial charge on any atom is -0.492 e. The van der Waals surface area contributed by atoms with Crippen molar-refractivity contribution in [1.29, 1.82) is 0 Å². The fourth-order valence-electron chi connectivity index (χ4n) is 5.78. The summed E-state index contributed by atoms with van der Waals surface area (Å²) in [6.45, 7) is 2.12. The number of ether oxygens (including phenoxy) is 2. The normalized spacial score (nSPS) is 21.3. The van der Waals surface area contributed by atoms with Gasteiger partial charge in [-0.25, -0.2) is 9.18 Å². The summed E-state index contributed by atoms with van der Waals surface area (Å²) in [6.07, 6.45) is 5.47. The zero-order chi connectivity index (χ0) is 27.8. The van der Waals surface area contributed by atoms with E-state index in [1.54, 1.807) is 0 Å². The van der Waals surface area contributed by atoms with Crippen LogP contribution in [0.25, 0.3) is 10.9 Å². The van der Waals surface area contributed by atoms with Crippen molar-refractivity contribution in [2.45, 2.75) is 56.0 Å². The van der Waals surface area contributed by atoms with Crippen LogP contribution < -0.4 is 20.4 Å². The molecule has 2 aliphatic heterocycles. The summed E-state index contributed by atoms with van der Waals surface area (Å²) in [5.74, 6) is -0.757. The summed E-state index contributed by atoms with van der Waals surface area (Å²) < 4.78 is 28.6. The molecular formula is C25H34FN3O8P2. The van der Waals surface area contributed by atoms with E-state index in [2.05, 4.69) is 5.32 Å². The molecule has 1 aromatic carbocycles. The van der Waals surface area contributed by atoms with Gasteiger partial charge in [-0.15, -0.1) is 0 Å². The highest BCUT2D eigenvalue weighted by atomic mass is 31.2. The Kier molecular flexibility index (Phi) is 8.74. The average molecular weight is 586 g/mol. The quantitative estimate of drug-likeness (QED) is 0.160. The molecule has 0 amide bonds. The lowest BCUT2D eigenvalue weighted by molar-refractivity contribution is 0.0497. The van der Waals surface area contributed by atoms with E-state index < -0.39 is 39.4 Å². The maximum atomic E-state index is 15.7. The molecule has 1 aromatic heterocycles. The van der Waals surface area contributed by atoms with Crippen LogP contribution in [0.15, 0.2) is 17.1 Å².